The lowest BCUT2D eigenvalue weighted by Crippen LogP contribution is -2.52. The number of fused-ring (bicyclic) bond motifs is 5. The minimum absolute atomic E-state index is 0.0586. The van der Waals surface area contributed by atoms with Gasteiger partial charge in [-0.3, -0.25) is 4.79 Å². The van der Waals surface area contributed by atoms with Gasteiger partial charge in [-0.2, -0.15) is 0 Å². The van der Waals surface area contributed by atoms with Gasteiger partial charge in [0.1, 0.15) is 16.4 Å². The molecule has 0 amide bonds. The Kier molecular flexibility index (Phi) is 5.97. The molecule has 0 saturated heterocycles. The summed E-state index contributed by atoms with van der Waals surface area (Å²) >= 11 is 7.61. The molecule has 0 aliphatic heterocycles. The fourth-order valence-corrected chi connectivity index (χ4v) is 7.44. The highest BCUT2D eigenvalue weighted by atomic mass is 35.5. The van der Waals surface area contributed by atoms with Crippen molar-refractivity contribution in [2.24, 2.45) is 17.8 Å². The summed E-state index contributed by atoms with van der Waals surface area (Å²) in [4.78, 5) is 34.7. The van der Waals surface area contributed by atoms with E-state index in [9.17, 15) is 4.79 Å². The third-order valence-corrected chi connectivity index (χ3v) is 9.40. The maximum atomic E-state index is 16.3. The van der Waals surface area contributed by atoms with Crippen LogP contribution in [0, 0.1) is 23.6 Å². The van der Waals surface area contributed by atoms with Gasteiger partial charge >= 0.3 is 5.97 Å². The summed E-state index contributed by atoms with van der Waals surface area (Å²) in [6.07, 6.45) is 7.07. The van der Waals surface area contributed by atoms with E-state index in [-0.39, 0.29) is 52.3 Å². The van der Waals surface area contributed by atoms with Crippen LogP contribution < -0.4 is 5.32 Å². The molecular weight excluding hydrogens is 539 g/mol. The number of aromatic amines is 1. The molecule has 8 rings (SSSR count). The van der Waals surface area contributed by atoms with Crippen LogP contribution in [0.4, 0.5) is 10.2 Å². The number of nitrogens with zero attached hydrogens (tertiary/aromatic N) is 4. The Balaban J connectivity index is 1.39. The minimum Gasteiger partial charge on any atom is -0.469 e. The SMILES string of the molecule is COC(=O)C1C2CCC(CC2)C1Nc1nc(-c2c[nH]c3ncc(Cl)nc23)nc(-c2cc3ccccc3s2)c1F. The molecule has 3 aliphatic rings. The lowest BCUT2D eigenvalue weighted by molar-refractivity contribution is -0.152. The Bertz CT molecular complexity index is 1700. The number of rotatable bonds is 5. The van der Waals surface area contributed by atoms with E-state index >= 15 is 4.39 Å². The molecule has 2 atom stereocenters. The second-order valence-electron chi connectivity index (χ2n) is 10.2. The Labute approximate surface area is 232 Å². The lowest BCUT2D eigenvalue weighted by Gasteiger charge is -2.47. The number of carbonyl (C=O) groups excluding carboxylic acids is 1. The number of carbonyl (C=O) groups is 1. The van der Waals surface area contributed by atoms with Crippen LogP contribution in [0.25, 0.3) is 43.2 Å². The number of nitrogens with one attached hydrogen (secondary N) is 2. The molecule has 0 spiro atoms. The van der Waals surface area contributed by atoms with E-state index in [2.05, 4.69) is 25.3 Å². The van der Waals surface area contributed by atoms with E-state index in [0.717, 1.165) is 35.8 Å². The third-order valence-electron chi connectivity index (χ3n) is 8.10. The van der Waals surface area contributed by atoms with Crippen molar-refractivity contribution in [2.75, 3.05) is 12.4 Å². The predicted molar refractivity (Wildman–Crippen MR) is 149 cm³/mol. The summed E-state index contributed by atoms with van der Waals surface area (Å²) in [6.45, 7) is 0. The summed E-state index contributed by atoms with van der Waals surface area (Å²) in [7, 11) is 1.41. The molecule has 0 radical (unpaired) electrons. The maximum Gasteiger partial charge on any atom is 0.311 e. The van der Waals surface area contributed by atoms with Crippen molar-refractivity contribution in [1.29, 1.82) is 0 Å². The first-order valence-corrected chi connectivity index (χ1v) is 14.1. The number of H-pyrrole nitrogens is 1. The van der Waals surface area contributed by atoms with E-state index in [0.29, 0.717) is 21.6 Å². The lowest BCUT2D eigenvalue weighted by atomic mass is 9.61. The molecule has 3 fully saturated rings. The number of thiophene rings is 1. The molecule has 2 bridgehead atoms. The number of benzene rings is 1. The normalized spacial score (nSPS) is 22.4. The van der Waals surface area contributed by atoms with Gasteiger partial charge in [-0.1, -0.05) is 29.8 Å². The van der Waals surface area contributed by atoms with Crippen molar-refractivity contribution < 1.29 is 13.9 Å². The molecule has 39 heavy (non-hydrogen) atoms. The zero-order valence-electron chi connectivity index (χ0n) is 20.9. The number of methoxy groups -OCH3 is 1. The second-order valence-corrected chi connectivity index (χ2v) is 11.7. The number of ether oxygens (including phenoxy) is 1. The van der Waals surface area contributed by atoms with Gasteiger partial charge in [0.2, 0.25) is 0 Å². The van der Waals surface area contributed by atoms with E-state index in [1.165, 1.54) is 24.6 Å². The fourth-order valence-electron chi connectivity index (χ4n) is 6.26. The Morgan fingerprint density at radius 1 is 1.15 bits per heavy atom. The zero-order chi connectivity index (χ0) is 26.7. The average Bonchev–Trinajstić information content (AvgIpc) is 3.58. The van der Waals surface area contributed by atoms with Crippen LogP contribution in [0.3, 0.4) is 0 Å². The van der Waals surface area contributed by atoms with Gasteiger partial charge in [0.05, 0.1) is 29.7 Å². The van der Waals surface area contributed by atoms with Crippen molar-refractivity contribution in [2.45, 2.75) is 31.7 Å². The molecule has 2 N–H and O–H groups in total. The summed E-state index contributed by atoms with van der Waals surface area (Å²) in [5.74, 6) is -0.402. The molecule has 198 valence electrons. The van der Waals surface area contributed by atoms with Gasteiger partial charge in [0.25, 0.3) is 0 Å². The maximum absolute atomic E-state index is 16.3. The summed E-state index contributed by atoms with van der Waals surface area (Å²) in [6, 6.07) is 9.55. The smallest absolute Gasteiger partial charge is 0.311 e. The third kappa shape index (κ3) is 4.13. The first-order valence-electron chi connectivity index (χ1n) is 12.9. The highest BCUT2D eigenvalue weighted by Crippen LogP contribution is 2.47. The number of hydrogen-bond acceptors (Lipinski definition) is 8. The van der Waals surface area contributed by atoms with Crippen LogP contribution in [0.5, 0.6) is 0 Å². The Morgan fingerprint density at radius 3 is 2.74 bits per heavy atom. The predicted octanol–water partition coefficient (Wildman–Crippen LogP) is 6.48. The van der Waals surface area contributed by atoms with Crippen molar-refractivity contribution in [3.05, 3.63) is 53.7 Å². The number of esters is 1. The van der Waals surface area contributed by atoms with Crippen molar-refractivity contribution >= 4 is 56.0 Å². The molecule has 8 nitrogen and oxygen atoms in total. The van der Waals surface area contributed by atoms with Gasteiger partial charge in [-0.05, 0) is 55.0 Å². The first-order chi connectivity index (χ1) is 19.0. The molecule has 1 aromatic carbocycles. The molecule has 3 aliphatic carbocycles. The van der Waals surface area contributed by atoms with Crippen LogP contribution in [0.2, 0.25) is 5.15 Å². The molecule has 4 aromatic heterocycles. The molecule has 5 aromatic rings. The van der Waals surface area contributed by atoms with Crippen LogP contribution >= 0.6 is 22.9 Å². The van der Waals surface area contributed by atoms with E-state index < -0.39 is 5.82 Å². The topological polar surface area (TPSA) is 106 Å². The molecule has 11 heteroatoms. The van der Waals surface area contributed by atoms with E-state index in [1.54, 1.807) is 6.20 Å². The number of halogens is 2. The minimum atomic E-state index is -0.556. The first kappa shape index (κ1) is 24.4. The van der Waals surface area contributed by atoms with Crippen molar-refractivity contribution in [1.82, 2.24) is 24.9 Å². The Hall–Kier alpha value is -3.63. The monoisotopic (exact) mass is 562 g/mol. The van der Waals surface area contributed by atoms with Crippen LogP contribution in [-0.4, -0.2) is 44.0 Å². The van der Waals surface area contributed by atoms with E-state index in [4.69, 9.17) is 21.3 Å². The van der Waals surface area contributed by atoms with Crippen LogP contribution in [-0.2, 0) is 9.53 Å². The molecule has 3 saturated carbocycles. The quantitative estimate of drug-likeness (QED) is 0.236. The number of hydrogen-bond donors (Lipinski definition) is 2. The summed E-state index contributed by atoms with van der Waals surface area (Å²) in [5.41, 5.74) is 1.76. The number of aromatic nitrogens is 5. The average molecular weight is 563 g/mol. The standard InChI is InChI=1S/C28H24ClFN6O2S/c1-38-28(37)20-13-6-8-14(9-7-13)22(20)34-26-21(30)24(18-10-15-4-2-3-5-17(15)39-18)35-25(36-26)16-11-31-27-23(16)33-19(29)12-32-27/h2-5,10-14,20,22H,6-9H2,1H3,(H,31,32)(H,34,35,36). The van der Waals surface area contributed by atoms with Gasteiger partial charge in [-0.15, -0.1) is 11.3 Å². The number of anilines is 1. The summed E-state index contributed by atoms with van der Waals surface area (Å²) in [5, 5.41) is 4.59. The molecule has 2 unspecified atom stereocenters. The highest BCUT2D eigenvalue weighted by Gasteiger charge is 2.48. The summed E-state index contributed by atoms with van der Waals surface area (Å²) < 4.78 is 22.5. The fraction of sp³-hybridized carbons (Fsp3) is 0.321. The van der Waals surface area contributed by atoms with Gasteiger partial charge in [0.15, 0.2) is 23.1 Å². The molecule has 4 heterocycles. The highest BCUT2D eigenvalue weighted by molar-refractivity contribution is 7.22. The van der Waals surface area contributed by atoms with Gasteiger partial charge in [-0.25, -0.2) is 24.3 Å². The zero-order valence-corrected chi connectivity index (χ0v) is 22.5. The van der Waals surface area contributed by atoms with Crippen LogP contribution in [0.1, 0.15) is 25.7 Å². The van der Waals surface area contributed by atoms with Gasteiger partial charge < -0.3 is 15.0 Å². The largest absolute Gasteiger partial charge is 0.469 e. The van der Waals surface area contributed by atoms with Gasteiger partial charge in [0, 0.05) is 16.9 Å². The van der Waals surface area contributed by atoms with E-state index in [1.807, 2.05) is 30.3 Å². The second kappa shape index (κ2) is 9.53. The van der Waals surface area contributed by atoms with Crippen LogP contribution in [0.15, 0.2) is 42.7 Å². The molecular formula is C28H24ClFN6O2S. The van der Waals surface area contributed by atoms with Crippen molar-refractivity contribution in [3.63, 3.8) is 0 Å². The Morgan fingerprint density at radius 2 is 1.95 bits per heavy atom. The van der Waals surface area contributed by atoms with Crippen molar-refractivity contribution in [3.8, 4) is 22.0 Å².